The first-order valence-electron chi connectivity index (χ1n) is 8.08. The van der Waals surface area contributed by atoms with E-state index in [1.807, 2.05) is 0 Å². The van der Waals surface area contributed by atoms with Gasteiger partial charge in [0, 0.05) is 6.54 Å². The fourth-order valence-corrected chi connectivity index (χ4v) is 4.00. The van der Waals surface area contributed by atoms with E-state index in [1.165, 1.54) is 43.2 Å². The smallest absolute Gasteiger partial charge is 0.146 e. The quantitative estimate of drug-likeness (QED) is 0.838. The number of likely N-dealkylation sites (tertiary alicyclic amines) is 1. The molecule has 0 radical (unpaired) electrons. The molecule has 0 N–H and O–H groups in total. The van der Waals surface area contributed by atoms with Crippen molar-refractivity contribution in [3.8, 4) is 0 Å². The minimum absolute atomic E-state index is 0.179. The lowest BCUT2D eigenvalue weighted by Gasteiger charge is -2.38. The summed E-state index contributed by atoms with van der Waals surface area (Å²) in [6.45, 7) is 3.93. The van der Waals surface area contributed by atoms with Crippen LogP contribution in [0.4, 0.5) is 0 Å². The second-order valence-corrected chi connectivity index (χ2v) is 6.41. The fourth-order valence-electron chi connectivity index (χ4n) is 4.00. The molecule has 1 fully saturated rings. The van der Waals surface area contributed by atoms with Crippen molar-refractivity contribution >= 4 is 5.78 Å². The molecule has 20 heavy (non-hydrogen) atoms. The molecular formula is C18H25NO. The Morgan fingerprint density at radius 1 is 1.20 bits per heavy atom. The second-order valence-electron chi connectivity index (χ2n) is 6.41. The number of ketones is 1. The number of aryl methyl sites for hydroxylation is 1. The van der Waals surface area contributed by atoms with Gasteiger partial charge < -0.3 is 0 Å². The third kappa shape index (κ3) is 2.80. The molecule has 0 aromatic heterocycles. The number of hydrogen-bond acceptors (Lipinski definition) is 2. The van der Waals surface area contributed by atoms with Crippen molar-refractivity contribution in [3.05, 3.63) is 35.4 Å². The summed E-state index contributed by atoms with van der Waals surface area (Å²) in [7, 11) is 0. The van der Waals surface area contributed by atoms with Crippen LogP contribution in [-0.2, 0) is 11.2 Å². The van der Waals surface area contributed by atoms with Gasteiger partial charge in [-0.25, -0.2) is 0 Å². The minimum atomic E-state index is 0.179. The Hall–Kier alpha value is -1.15. The number of carbonyl (C=O) groups is 1. The van der Waals surface area contributed by atoms with Crippen LogP contribution in [0.25, 0.3) is 0 Å². The molecule has 2 nitrogen and oxygen atoms in total. The summed E-state index contributed by atoms with van der Waals surface area (Å²) < 4.78 is 0. The average Bonchev–Trinajstić information content (AvgIpc) is 2.48. The van der Waals surface area contributed by atoms with Crippen molar-refractivity contribution in [1.29, 1.82) is 0 Å². The molecule has 0 bridgehead atoms. The number of Topliss-reactive ketones (excluding diaryl/α,β-unsaturated/α-hetero) is 1. The minimum Gasteiger partial charge on any atom is -0.298 e. The second kappa shape index (κ2) is 6.09. The highest BCUT2D eigenvalue weighted by Crippen LogP contribution is 2.33. The third-order valence-corrected chi connectivity index (χ3v) is 5.03. The van der Waals surface area contributed by atoms with E-state index in [0.29, 0.717) is 11.7 Å². The Balaban J connectivity index is 1.76. The predicted molar refractivity (Wildman–Crippen MR) is 82.0 cm³/mol. The van der Waals surface area contributed by atoms with Gasteiger partial charge in [0.1, 0.15) is 5.78 Å². The summed E-state index contributed by atoms with van der Waals surface area (Å²) in [6.07, 6.45) is 7.31. The molecule has 3 rings (SSSR count). The van der Waals surface area contributed by atoms with Gasteiger partial charge in [-0.1, -0.05) is 30.7 Å². The molecule has 2 unspecified atom stereocenters. The van der Waals surface area contributed by atoms with Gasteiger partial charge in [0.05, 0.1) is 6.04 Å². The zero-order valence-corrected chi connectivity index (χ0v) is 12.5. The highest BCUT2D eigenvalue weighted by molar-refractivity contribution is 5.81. The SMILES string of the molecule is CC(=O)C1CCCCN1CC1CCCc2ccccc21. The van der Waals surface area contributed by atoms with Crippen molar-refractivity contribution in [3.63, 3.8) is 0 Å². The Morgan fingerprint density at radius 3 is 2.90 bits per heavy atom. The Labute approximate surface area is 122 Å². The first kappa shape index (κ1) is 13.8. The van der Waals surface area contributed by atoms with Crippen molar-refractivity contribution < 1.29 is 4.79 Å². The Bertz CT molecular complexity index is 482. The van der Waals surface area contributed by atoms with E-state index in [-0.39, 0.29) is 6.04 Å². The molecule has 0 spiro atoms. The van der Waals surface area contributed by atoms with E-state index < -0.39 is 0 Å². The molecule has 0 amide bonds. The monoisotopic (exact) mass is 271 g/mol. The Kier molecular flexibility index (Phi) is 4.21. The maximum atomic E-state index is 11.9. The topological polar surface area (TPSA) is 20.3 Å². The summed E-state index contributed by atoms with van der Waals surface area (Å²) in [6, 6.07) is 9.07. The van der Waals surface area contributed by atoms with Gasteiger partial charge in [0.15, 0.2) is 0 Å². The number of nitrogens with zero attached hydrogens (tertiary/aromatic N) is 1. The lowest BCUT2D eigenvalue weighted by atomic mass is 9.82. The van der Waals surface area contributed by atoms with Gasteiger partial charge in [-0.05, 0) is 62.6 Å². The van der Waals surface area contributed by atoms with Gasteiger partial charge in [0.2, 0.25) is 0 Å². The van der Waals surface area contributed by atoms with Gasteiger partial charge >= 0.3 is 0 Å². The lowest BCUT2D eigenvalue weighted by molar-refractivity contribution is -0.123. The van der Waals surface area contributed by atoms with Gasteiger partial charge in [0.25, 0.3) is 0 Å². The molecule has 2 heteroatoms. The van der Waals surface area contributed by atoms with Crippen LogP contribution in [0.3, 0.4) is 0 Å². The van der Waals surface area contributed by atoms with E-state index >= 15 is 0 Å². The molecule has 0 saturated carbocycles. The maximum Gasteiger partial charge on any atom is 0.146 e. The van der Waals surface area contributed by atoms with E-state index in [9.17, 15) is 4.79 Å². The van der Waals surface area contributed by atoms with E-state index in [2.05, 4.69) is 29.2 Å². The molecule has 2 atom stereocenters. The Morgan fingerprint density at radius 2 is 2.05 bits per heavy atom. The van der Waals surface area contributed by atoms with Crippen LogP contribution in [0, 0.1) is 0 Å². The van der Waals surface area contributed by atoms with Crippen LogP contribution in [0.5, 0.6) is 0 Å². The summed E-state index contributed by atoms with van der Waals surface area (Å²) in [5, 5.41) is 0. The van der Waals surface area contributed by atoms with E-state index in [4.69, 9.17) is 0 Å². The van der Waals surface area contributed by atoms with E-state index in [1.54, 1.807) is 6.92 Å². The van der Waals surface area contributed by atoms with Crippen LogP contribution in [-0.4, -0.2) is 29.8 Å². The standard InChI is InChI=1S/C18H25NO/c1-14(20)18-11-4-5-12-19(18)13-16-9-6-8-15-7-2-3-10-17(15)16/h2-3,7,10,16,18H,4-6,8-9,11-13H2,1H3. The van der Waals surface area contributed by atoms with Crippen molar-refractivity contribution in [1.82, 2.24) is 4.90 Å². The molecule has 1 heterocycles. The predicted octanol–water partition coefficient (Wildman–Crippen LogP) is 3.55. The van der Waals surface area contributed by atoms with Gasteiger partial charge in [-0.3, -0.25) is 9.69 Å². The molecule has 1 aliphatic carbocycles. The van der Waals surface area contributed by atoms with Gasteiger partial charge in [-0.2, -0.15) is 0 Å². The van der Waals surface area contributed by atoms with Gasteiger partial charge in [-0.15, -0.1) is 0 Å². The summed E-state index contributed by atoms with van der Waals surface area (Å²) in [4.78, 5) is 14.3. The maximum absolute atomic E-state index is 11.9. The van der Waals surface area contributed by atoms with E-state index in [0.717, 1.165) is 19.5 Å². The molecule has 2 aliphatic rings. The first-order valence-corrected chi connectivity index (χ1v) is 8.08. The first-order chi connectivity index (χ1) is 9.75. The normalized spacial score (nSPS) is 27.1. The average molecular weight is 271 g/mol. The molecule has 108 valence electrons. The van der Waals surface area contributed by atoms with Crippen LogP contribution in [0.15, 0.2) is 24.3 Å². The van der Waals surface area contributed by atoms with Crippen molar-refractivity contribution in [2.24, 2.45) is 0 Å². The number of rotatable bonds is 3. The number of benzene rings is 1. The molecule has 1 aromatic rings. The molecule has 1 aromatic carbocycles. The zero-order chi connectivity index (χ0) is 13.9. The number of carbonyl (C=O) groups excluding carboxylic acids is 1. The lowest BCUT2D eigenvalue weighted by Crippen LogP contribution is -2.45. The van der Waals surface area contributed by atoms with Crippen molar-refractivity contribution in [2.45, 2.75) is 57.4 Å². The van der Waals surface area contributed by atoms with Crippen LogP contribution >= 0.6 is 0 Å². The third-order valence-electron chi connectivity index (χ3n) is 5.03. The number of fused-ring (bicyclic) bond motifs is 1. The van der Waals surface area contributed by atoms with Crippen LogP contribution in [0.1, 0.15) is 56.1 Å². The summed E-state index contributed by atoms with van der Waals surface area (Å²) >= 11 is 0. The summed E-state index contributed by atoms with van der Waals surface area (Å²) in [5.41, 5.74) is 3.06. The fraction of sp³-hybridized carbons (Fsp3) is 0.611. The molecule has 1 aliphatic heterocycles. The highest BCUT2D eigenvalue weighted by atomic mass is 16.1. The summed E-state index contributed by atoms with van der Waals surface area (Å²) in [5.74, 6) is 0.980. The van der Waals surface area contributed by atoms with Crippen molar-refractivity contribution in [2.75, 3.05) is 13.1 Å². The molecule has 1 saturated heterocycles. The number of hydrogen-bond donors (Lipinski definition) is 0. The van der Waals surface area contributed by atoms with Crippen LogP contribution in [0.2, 0.25) is 0 Å². The molecular weight excluding hydrogens is 246 g/mol. The highest BCUT2D eigenvalue weighted by Gasteiger charge is 2.29. The van der Waals surface area contributed by atoms with Crippen LogP contribution < -0.4 is 0 Å². The largest absolute Gasteiger partial charge is 0.298 e. The number of piperidine rings is 1. The zero-order valence-electron chi connectivity index (χ0n) is 12.5.